The van der Waals surface area contributed by atoms with E-state index >= 15 is 0 Å². The van der Waals surface area contributed by atoms with Crippen LogP contribution in [-0.2, 0) is 0 Å². The van der Waals surface area contributed by atoms with E-state index in [0.717, 1.165) is 19.1 Å². The number of rotatable bonds is 8. The molecule has 1 saturated carbocycles. The molecule has 0 saturated heterocycles. The lowest BCUT2D eigenvalue weighted by Crippen LogP contribution is -2.36. The van der Waals surface area contributed by atoms with Crippen LogP contribution in [0.1, 0.15) is 50.3 Å². The van der Waals surface area contributed by atoms with Crippen LogP contribution in [-0.4, -0.2) is 30.6 Å². The highest BCUT2D eigenvalue weighted by Gasteiger charge is 2.29. The van der Waals surface area contributed by atoms with Gasteiger partial charge in [0.05, 0.1) is 0 Å². The first-order chi connectivity index (χ1) is 9.24. The lowest BCUT2D eigenvalue weighted by Gasteiger charge is -2.27. The number of hydrogen-bond donors (Lipinski definition) is 1. The van der Waals surface area contributed by atoms with Crippen LogP contribution in [0, 0.1) is 6.92 Å². The van der Waals surface area contributed by atoms with E-state index in [2.05, 4.69) is 55.3 Å². The summed E-state index contributed by atoms with van der Waals surface area (Å²) in [6, 6.07) is 10.3. The zero-order valence-electron chi connectivity index (χ0n) is 12.7. The molecule has 0 spiro atoms. The number of nitrogens with one attached hydrogen (secondary N) is 1. The van der Waals surface area contributed by atoms with Crippen molar-refractivity contribution in [2.75, 3.05) is 19.6 Å². The number of aryl methyl sites for hydroxylation is 1. The van der Waals surface area contributed by atoms with Crippen LogP contribution in [0.25, 0.3) is 0 Å². The zero-order chi connectivity index (χ0) is 13.7. The highest BCUT2D eigenvalue weighted by Crippen LogP contribution is 2.28. The minimum Gasteiger partial charge on any atom is -0.309 e. The topological polar surface area (TPSA) is 15.3 Å². The Balaban J connectivity index is 2.03. The van der Waals surface area contributed by atoms with E-state index in [0.29, 0.717) is 6.04 Å². The quantitative estimate of drug-likeness (QED) is 0.769. The Bertz CT molecular complexity index is 367. The van der Waals surface area contributed by atoms with Crippen LogP contribution in [0.2, 0.25) is 0 Å². The molecule has 1 atom stereocenters. The molecule has 1 aromatic rings. The largest absolute Gasteiger partial charge is 0.309 e. The Morgan fingerprint density at radius 3 is 2.42 bits per heavy atom. The van der Waals surface area contributed by atoms with Crippen LogP contribution in [0.5, 0.6) is 0 Å². The standard InChI is InChI=1S/C17H28N2/c1-4-12-18-17(13-19(5-2)16-10-11-16)15-8-6-14(3)7-9-15/h6-9,16-18H,4-5,10-13H2,1-3H3. The summed E-state index contributed by atoms with van der Waals surface area (Å²) in [4.78, 5) is 2.63. The zero-order valence-corrected chi connectivity index (χ0v) is 12.7. The Kier molecular flexibility index (Phi) is 5.41. The third-order valence-corrected chi connectivity index (χ3v) is 4.01. The van der Waals surface area contributed by atoms with Gasteiger partial charge in [-0.05, 0) is 44.8 Å². The van der Waals surface area contributed by atoms with Gasteiger partial charge < -0.3 is 5.32 Å². The summed E-state index contributed by atoms with van der Waals surface area (Å²) in [5, 5.41) is 3.71. The number of likely N-dealkylation sites (N-methyl/N-ethyl adjacent to an activating group) is 1. The maximum atomic E-state index is 3.71. The van der Waals surface area contributed by atoms with Crippen LogP contribution < -0.4 is 5.32 Å². The fourth-order valence-electron chi connectivity index (χ4n) is 2.62. The minimum absolute atomic E-state index is 0.473. The average molecular weight is 260 g/mol. The van der Waals surface area contributed by atoms with Crippen LogP contribution in [0.15, 0.2) is 24.3 Å². The van der Waals surface area contributed by atoms with Crippen molar-refractivity contribution >= 4 is 0 Å². The second-order valence-corrected chi connectivity index (χ2v) is 5.74. The van der Waals surface area contributed by atoms with Crippen molar-refractivity contribution in [2.24, 2.45) is 0 Å². The average Bonchev–Trinajstić information content (AvgIpc) is 3.25. The summed E-state index contributed by atoms with van der Waals surface area (Å²) in [7, 11) is 0. The molecule has 0 bridgehead atoms. The predicted octanol–water partition coefficient (Wildman–Crippen LogP) is 3.52. The van der Waals surface area contributed by atoms with Gasteiger partial charge in [0.2, 0.25) is 0 Å². The molecule has 1 N–H and O–H groups in total. The third kappa shape index (κ3) is 4.32. The van der Waals surface area contributed by atoms with Crippen LogP contribution in [0.4, 0.5) is 0 Å². The van der Waals surface area contributed by atoms with E-state index in [4.69, 9.17) is 0 Å². The molecule has 0 heterocycles. The Labute approximate surface area is 118 Å². The number of nitrogens with zero attached hydrogens (tertiary/aromatic N) is 1. The summed E-state index contributed by atoms with van der Waals surface area (Å²) in [6.45, 7) is 10.1. The van der Waals surface area contributed by atoms with Crippen molar-refractivity contribution in [3.63, 3.8) is 0 Å². The predicted molar refractivity (Wildman–Crippen MR) is 82.5 cm³/mol. The molecule has 0 amide bonds. The third-order valence-electron chi connectivity index (χ3n) is 4.01. The lowest BCUT2D eigenvalue weighted by molar-refractivity contribution is 0.244. The molecule has 1 aliphatic carbocycles. The Morgan fingerprint density at radius 1 is 1.21 bits per heavy atom. The lowest BCUT2D eigenvalue weighted by atomic mass is 10.0. The van der Waals surface area contributed by atoms with Gasteiger partial charge in [-0.1, -0.05) is 43.7 Å². The SMILES string of the molecule is CCCNC(CN(CC)C1CC1)c1ccc(C)cc1. The van der Waals surface area contributed by atoms with Gasteiger partial charge in [-0.2, -0.15) is 0 Å². The molecule has 0 radical (unpaired) electrons. The molecule has 2 heteroatoms. The summed E-state index contributed by atoms with van der Waals surface area (Å²) in [6.07, 6.45) is 3.97. The van der Waals surface area contributed by atoms with Crippen molar-refractivity contribution in [2.45, 2.75) is 52.1 Å². The highest BCUT2D eigenvalue weighted by atomic mass is 15.2. The van der Waals surface area contributed by atoms with E-state index in [1.54, 1.807) is 0 Å². The molecular formula is C17H28N2. The second kappa shape index (κ2) is 7.06. The number of hydrogen-bond acceptors (Lipinski definition) is 2. The van der Waals surface area contributed by atoms with Gasteiger partial charge in [-0.3, -0.25) is 4.90 Å². The minimum atomic E-state index is 0.473. The fourth-order valence-corrected chi connectivity index (χ4v) is 2.62. The van der Waals surface area contributed by atoms with Gasteiger partial charge in [-0.15, -0.1) is 0 Å². The van der Waals surface area contributed by atoms with E-state index in [9.17, 15) is 0 Å². The first-order valence-corrected chi connectivity index (χ1v) is 7.78. The van der Waals surface area contributed by atoms with Crippen LogP contribution in [0.3, 0.4) is 0 Å². The van der Waals surface area contributed by atoms with Gasteiger partial charge in [0.25, 0.3) is 0 Å². The van der Waals surface area contributed by atoms with Crippen molar-refractivity contribution in [3.05, 3.63) is 35.4 Å². The Hall–Kier alpha value is -0.860. The molecule has 106 valence electrons. The molecule has 0 aromatic heterocycles. The smallest absolute Gasteiger partial charge is 0.0449 e. The maximum Gasteiger partial charge on any atom is 0.0449 e. The first-order valence-electron chi connectivity index (χ1n) is 7.78. The van der Waals surface area contributed by atoms with Gasteiger partial charge in [0.15, 0.2) is 0 Å². The second-order valence-electron chi connectivity index (χ2n) is 5.74. The summed E-state index contributed by atoms with van der Waals surface area (Å²) in [5.74, 6) is 0. The summed E-state index contributed by atoms with van der Waals surface area (Å²) < 4.78 is 0. The van der Waals surface area contributed by atoms with Crippen molar-refractivity contribution in [1.29, 1.82) is 0 Å². The molecule has 0 aliphatic heterocycles. The van der Waals surface area contributed by atoms with E-state index in [-0.39, 0.29) is 0 Å². The fraction of sp³-hybridized carbons (Fsp3) is 0.647. The molecule has 2 rings (SSSR count). The first kappa shape index (κ1) is 14.5. The highest BCUT2D eigenvalue weighted by molar-refractivity contribution is 5.24. The van der Waals surface area contributed by atoms with Gasteiger partial charge in [-0.25, -0.2) is 0 Å². The van der Waals surface area contributed by atoms with E-state index < -0.39 is 0 Å². The molecule has 19 heavy (non-hydrogen) atoms. The van der Waals surface area contributed by atoms with E-state index in [1.165, 1.54) is 36.9 Å². The molecule has 1 unspecified atom stereocenters. The van der Waals surface area contributed by atoms with E-state index in [1.807, 2.05) is 0 Å². The summed E-state index contributed by atoms with van der Waals surface area (Å²) >= 11 is 0. The maximum absolute atomic E-state index is 3.71. The Morgan fingerprint density at radius 2 is 1.89 bits per heavy atom. The summed E-state index contributed by atoms with van der Waals surface area (Å²) in [5.41, 5.74) is 2.77. The van der Waals surface area contributed by atoms with Gasteiger partial charge in [0, 0.05) is 18.6 Å². The van der Waals surface area contributed by atoms with Crippen molar-refractivity contribution < 1.29 is 0 Å². The molecule has 1 aliphatic rings. The number of benzene rings is 1. The monoisotopic (exact) mass is 260 g/mol. The van der Waals surface area contributed by atoms with Gasteiger partial charge >= 0.3 is 0 Å². The molecular weight excluding hydrogens is 232 g/mol. The normalized spacial score (nSPS) is 16.8. The van der Waals surface area contributed by atoms with Crippen LogP contribution >= 0.6 is 0 Å². The molecule has 1 aromatic carbocycles. The molecule has 1 fully saturated rings. The molecule has 2 nitrogen and oxygen atoms in total. The van der Waals surface area contributed by atoms with Crippen molar-refractivity contribution in [3.8, 4) is 0 Å². The van der Waals surface area contributed by atoms with Crippen molar-refractivity contribution in [1.82, 2.24) is 10.2 Å². The van der Waals surface area contributed by atoms with Gasteiger partial charge in [0.1, 0.15) is 0 Å².